The van der Waals surface area contributed by atoms with Crippen molar-refractivity contribution in [3.8, 4) is 0 Å². The summed E-state index contributed by atoms with van der Waals surface area (Å²) in [6.45, 7) is 5.57. The van der Waals surface area contributed by atoms with E-state index in [1.54, 1.807) is 40.9 Å². The van der Waals surface area contributed by atoms with Gasteiger partial charge in [0.05, 0.1) is 6.04 Å². The summed E-state index contributed by atoms with van der Waals surface area (Å²) in [6, 6.07) is 17.4. The van der Waals surface area contributed by atoms with E-state index in [1.165, 1.54) is 11.0 Å². The lowest BCUT2D eigenvalue weighted by molar-refractivity contribution is -0.124. The Morgan fingerprint density at radius 2 is 1.49 bits per heavy atom. The maximum absolute atomic E-state index is 13.4. The lowest BCUT2D eigenvalue weighted by Crippen LogP contribution is -2.51. The van der Waals surface area contributed by atoms with Gasteiger partial charge in [0.15, 0.2) is 0 Å². The topological polar surface area (TPSA) is 126 Å². The Morgan fingerprint density at radius 1 is 0.878 bits per heavy atom. The molecule has 0 aliphatic heterocycles. The fraction of sp³-hybridized carbons (Fsp3) is 0.419. The summed E-state index contributed by atoms with van der Waals surface area (Å²) in [5.41, 5.74) is 1.09. The molecule has 0 bridgehead atoms. The lowest BCUT2D eigenvalue weighted by Gasteiger charge is -2.25. The van der Waals surface area contributed by atoms with Gasteiger partial charge < -0.3 is 30.3 Å². The van der Waals surface area contributed by atoms with Crippen molar-refractivity contribution in [2.75, 3.05) is 20.6 Å². The van der Waals surface area contributed by atoms with Gasteiger partial charge in [0.1, 0.15) is 18.2 Å². The average molecular weight is 567 g/mol. The highest BCUT2D eigenvalue weighted by molar-refractivity contribution is 5.88. The monoisotopic (exact) mass is 566 g/mol. The van der Waals surface area contributed by atoms with Crippen molar-refractivity contribution in [3.63, 3.8) is 0 Å². The van der Waals surface area contributed by atoms with E-state index in [0.29, 0.717) is 12.8 Å². The molecule has 0 spiro atoms. The number of carbonyl (C=O) groups is 4. The molecule has 41 heavy (non-hydrogen) atoms. The van der Waals surface area contributed by atoms with Gasteiger partial charge in [0.2, 0.25) is 11.8 Å². The van der Waals surface area contributed by atoms with Crippen LogP contribution in [0.4, 0.5) is 9.59 Å². The largest absolute Gasteiger partial charge is 0.445 e. The van der Waals surface area contributed by atoms with Gasteiger partial charge in [0, 0.05) is 26.7 Å². The van der Waals surface area contributed by atoms with E-state index in [9.17, 15) is 19.2 Å². The third-order valence-electron chi connectivity index (χ3n) is 5.70. The smallest absolute Gasteiger partial charge is 0.408 e. The van der Waals surface area contributed by atoms with Gasteiger partial charge in [-0.2, -0.15) is 0 Å². The Kier molecular flexibility index (Phi) is 13.4. The number of carbonyl (C=O) groups excluding carboxylic acids is 4. The van der Waals surface area contributed by atoms with Crippen molar-refractivity contribution < 1.29 is 28.7 Å². The zero-order chi connectivity index (χ0) is 30.3. The summed E-state index contributed by atoms with van der Waals surface area (Å²) in [5.74, 6) is -0.656. The maximum Gasteiger partial charge on any atom is 0.408 e. The number of rotatable bonds is 13. The SMILES string of the molecule is CN(C)C(=O)/C=C/[C@H](Cc1ccccc1)NC(=O)[C@H](CCCNC(=O)OCc1ccccc1)NC(=O)OC(C)(C)C. The molecule has 2 rings (SSSR count). The second kappa shape index (κ2) is 16.7. The number of ether oxygens (including phenoxy) is 2. The summed E-state index contributed by atoms with van der Waals surface area (Å²) in [4.78, 5) is 51.6. The molecule has 0 saturated heterocycles. The summed E-state index contributed by atoms with van der Waals surface area (Å²) >= 11 is 0. The lowest BCUT2D eigenvalue weighted by atomic mass is 10.0. The molecular weight excluding hydrogens is 524 g/mol. The predicted octanol–water partition coefficient (Wildman–Crippen LogP) is 3.96. The van der Waals surface area contributed by atoms with Crippen LogP contribution < -0.4 is 16.0 Å². The highest BCUT2D eigenvalue weighted by atomic mass is 16.6. The fourth-order valence-corrected chi connectivity index (χ4v) is 3.66. The highest BCUT2D eigenvalue weighted by Gasteiger charge is 2.25. The van der Waals surface area contributed by atoms with Crippen molar-refractivity contribution >= 4 is 24.0 Å². The molecule has 0 heterocycles. The third kappa shape index (κ3) is 14.0. The van der Waals surface area contributed by atoms with Gasteiger partial charge in [-0.1, -0.05) is 66.7 Å². The molecule has 10 nitrogen and oxygen atoms in total. The standard InChI is InChI=1S/C31H42N4O6/c1-31(2,3)41-30(39)34-26(17-12-20-32-29(38)40-22-24-15-10-7-11-16-24)28(37)33-25(18-19-27(36)35(4)5)21-23-13-8-6-9-14-23/h6-11,13-16,18-19,25-26H,12,17,20-22H2,1-5H3,(H,32,38)(H,33,37)(H,34,39)/b19-18+/t25-,26+/m1/s1. The molecule has 0 radical (unpaired) electrons. The van der Waals surface area contributed by atoms with Gasteiger partial charge in [-0.15, -0.1) is 0 Å². The quantitative estimate of drug-likeness (QED) is 0.249. The van der Waals surface area contributed by atoms with E-state index in [-0.39, 0.29) is 25.5 Å². The van der Waals surface area contributed by atoms with Crippen molar-refractivity contribution in [3.05, 3.63) is 83.9 Å². The second-order valence-electron chi connectivity index (χ2n) is 10.7. The van der Waals surface area contributed by atoms with Crippen LogP contribution in [-0.4, -0.2) is 67.2 Å². The molecule has 2 aromatic rings. The molecule has 2 atom stereocenters. The van der Waals surface area contributed by atoms with Crippen LogP contribution in [0.2, 0.25) is 0 Å². The molecule has 3 N–H and O–H groups in total. The Hall–Kier alpha value is -4.34. The normalized spacial score (nSPS) is 12.6. The van der Waals surface area contributed by atoms with Crippen LogP contribution in [0, 0.1) is 0 Å². The van der Waals surface area contributed by atoms with Crippen LogP contribution in [0.3, 0.4) is 0 Å². The fourth-order valence-electron chi connectivity index (χ4n) is 3.66. The summed E-state index contributed by atoms with van der Waals surface area (Å²) < 4.78 is 10.6. The number of alkyl carbamates (subject to hydrolysis) is 2. The van der Waals surface area contributed by atoms with Crippen LogP contribution in [0.1, 0.15) is 44.7 Å². The zero-order valence-electron chi connectivity index (χ0n) is 24.5. The molecule has 0 aliphatic carbocycles. The van der Waals surface area contributed by atoms with Crippen LogP contribution in [0.25, 0.3) is 0 Å². The van der Waals surface area contributed by atoms with E-state index in [1.807, 2.05) is 60.7 Å². The number of nitrogens with one attached hydrogen (secondary N) is 3. The first-order valence-corrected chi connectivity index (χ1v) is 13.6. The van der Waals surface area contributed by atoms with E-state index in [0.717, 1.165) is 11.1 Å². The number of benzene rings is 2. The molecular formula is C31H42N4O6. The molecule has 0 unspecified atom stereocenters. The van der Waals surface area contributed by atoms with Crippen LogP contribution in [-0.2, 0) is 32.1 Å². The maximum atomic E-state index is 13.4. The van der Waals surface area contributed by atoms with Crippen LogP contribution in [0.15, 0.2) is 72.8 Å². The van der Waals surface area contributed by atoms with Crippen molar-refractivity contribution in [2.24, 2.45) is 0 Å². The van der Waals surface area contributed by atoms with E-state index in [2.05, 4.69) is 16.0 Å². The van der Waals surface area contributed by atoms with Crippen LogP contribution in [0.5, 0.6) is 0 Å². The van der Waals surface area contributed by atoms with Crippen LogP contribution >= 0.6 is 0 Å². The minimum absolute atomic E-state index is 0.143. The summed E-state index contributed by atoms with van der Waals surface area (Å²) in [6.07, 6.45) is 2.80. The highest BCUT2D eigenvalue weighted by Crippen LogP contribution is 2.10. The molecule has 2 aromatic carbocycles. The number of hydrogen-bond acceptors (Lipinski definition) is 6. The van der Waals surface area contributed by atoms with E-state index < -0.39 is 35.8 Å². The van der Waals surface area contributed by atoms with Crippen molar-refractivity contribution in [1.29, 1.82) is 0 Å². The number of amides is 4. The predicted molar refractivity (Wildman–Crippen MR) is 157 cm³/mol. The van der Waals surface area contributed by atoms with Gasteiger partial charge >= 0.3 is 12.2 Å². The molecule has 0 saturated carbocycles. The number of nitrogens with zero attached hydrogens (tertiary/aromatic N) is 1. The zero-order valence-corrected chi connectivity index (χ0v) is 24.5. The first-order valence-electron chi connectivity index (χ1n) is 13.6. The van der Waals surface area contributed by atoms with E-state index >= 15 is 0 Å². The van der Waals surface area contributed by atoms with Gasteiger partial charge in [-0.05, 0) is 51.2 Å². The Morgan fingerprint density at radius 3 is 2.07 bits per heavy atom. The summed E-state index contributed by atoms with van der Waals surface area (Å²) in [7, 11) is 3.29. The second-order valence-corrected chi connectivity index (χ2v) is 10.7. The van der Waals surface area contributed by atoms with Gasteiger partial charge in [-0.3, -0.25) is 9.59 Å². The third-order valence-corrected chi connectivity index (χ3v) is 5.70. The first-order chi connectivity index (χ1) is 19.4. The number of likely N-dealkylation sites (N-methyl/N-ethyl adjacent to an activating group) is 1. The van der Waals surface area contributed by atoms with Gasteiger partial charge in [0.25, 0.3) is 0 Å². The minimum Gasteiger partial charge on any atom is -0.445 e. The Bertz CT molecular complexity index is 1150. The number of hydrogen-bond donors (Lipinski definition) is 3. The molecule has 4 amide bonds. The molecule has 0 aromatic heterocycles. The molecule has 222 valence electrons. The van der Waals surface area contributed by atoms with Crippen molar-refractivity contribution in [1.82, 2.24) is 20.9 Å². The molecule has 10 heteroatoms. The molecule has 0 fully saturated rings. The minimum atomic E-state index is -0.941. The van der Waals surface area contributed by atoms with Gasteiger partial charge in [-0.25, -0.2) is 9.59 Å². The Labute approximate surface area is 242 Å². The Balaban J connectivity index is 2.03. The average Bonchev–Trinajstić information content (AvgIpc) is 2.92. The van der Waals surface area contributed by atoms with E-state index in [4.69, 9.17) is 9.47 Å². The van der Waals surface area contributed by atoms with Crippen molar-refractivity contribution in [2.45, 2.75) is 64.3 Å². The molecule has 0 aliphatic rings. The summed E-state index contributed by atoms with van der Waals surface area (Å²) in [5, 5.41) is 8.25. The first kappa shape index (κ1) is 32.9.